The van der Waals surface area contributed by atoms with Gasteiger partial charge in [-0.1, -0.05) is 18.2 Å². The molecule has 170 valence electrons. The molecule has 0 spiro atoms. The highest BCUT2D eigenvalue weighted by molar-refractivity contribution is 5.89. The van der Waals surface area contributed by atoms with Crippen LogP contribution < -0.4 is 20.1 Å². The lowest BCUT2D eigenvalue weighted by Crippen LogP contribution is -2.43. The van der Waals surface area contributed by atoms with Crippen LogP contribution in [0.4, 0.5) is 0 Å². The van der Waals surface area contributed by atoms with Gasteiger partial charge in [-0.3, -0.25) is 4.79 Å². The van der Waals surface area contributed by atoms with E-state index in [9.17, 15) is 4.79 Å². The van der Waals surface area contributed by atoms with Crippen molar-refractivity contribution in [1.82, 2.24) is 20.5 Å². The highest BCUT2D eigenvalue weighted by atomic mass is 16.5. The highest BCUT2D eigenvalue weighted by Crippen LogP contribution is 2.28. The molecule has 0 aliphatic carbocycles. The largest absolute Gasteiger partial charge is 0.497 e. The highest BCUT2D eigenvalue weighted by Gasteiger charge is 2.10. The smallest absolute Gasteiger partial charge is 0.241 e. The number of guanidine groups is 1. The molecule has 1 amide bonds. The third kappa shape index (κ3) is 5.94. The molecule has 8 nitrogen and oxygen atoms in total. The van der Waals surface area contributed by atoms with Crippen molar-refractivity contribution in [2.24, 2.45) is 4.99 Å². The van der Waals surface area contributed by atoms with Crippen molar-refractivity contribution < 1.29 is 14.3 Å². The second-order valence-electron chi connectivity index (χ2n) is 7.53. The Kier molecular flexibility index (Phi) is 7.96. The first kappa shape index (κ1) is 23.0. The summed E-state index contributed by atoms with van der Waals surface area (Å²) in [7, 11) is 6.79. The van der Waals surface area contributed by atoms with E-state index in [1.807, 2.05) is 48.7 Å². The lowest BCUT2D eigenvalue weighted by molar-refractivity contribution is -0.127. The number of rotatable bonds is 9. The van der Waals surface area contributed by atoms with E-state index in [4.69, 9.17) is 9.47 Å². The van der Waals surface area contributed by atoms with Crippen molar-refractivity contribution in [3.63, 3.8) is 0 Å². The molecule has 0 fully saturated rings. The molecule has 32 heavy (non-hydrogen) atoms. The van der Waals surface area contributed by atoms with Crippen LogP contribution in [0.3, 0.4) is 0 Å². The van der Waals surface area contributed by atoms with Gasteiger partial charge in [-0.05, 0) is 41.8 Å². The zero-order chi connectivity index (χ0) is 22.9. The van der Waals surface area contributed by atoms with Crippen LogP contribution in [0.25, 0.3) is 10.9 Å². The Morgan fingerprint density at radius 3 is 2.53 bits per heavy atom. The number of aromatic nitrogens is 1. The third-order valence-corrected chi connectivity index (χ3v) is 5.14. The predicted octanol–water partition coefficient (Wildman–Crippen LogP) is 2.55. The van der Waals surface area contributed by atoms with E-state index in [1.54, 1.807) is 33.2 Å². The molecule has 0 atom stereocenters. The van der Waals surface area contributed by atoms with Crippen LogP contribution in [0.2, 0.25) is 0 Å². The van der Waals surface area contributed by atoms with Gasteiger partial charge in [-0.2, -0.15) is 0 Å². The van der Waals surface area contributed by atoms with E-state index >= 15 is 0 Å². The minimum atomic E-state index is -0.0229. The number of amides is 1. The molecular weight excluding hydrogens is 406 g/mol. The van der Waals surface area contributed by atoms with Crippen LogP contribution in [-0.2, 0) is 17.8 Å². The number of ether oxygens (including phenoxy) is 2. The first-order valence-corrected chi connectivity index (χ1v) is 10.5. The summed E-state index contributed by atoms with van der Waals surface area (Å²) in [5.41, 5.74) is 3.25. The monoisotopic (exact) mass is 437 g/mol. The summed E-state index contributed by atoms with van der Waals surface area (Å²) < 4.78 is 10.7. The first-order chi connectivity index (χ1) is 15.5. The average molecular weight is 438 g/mol. The SMILES string of the molecule is COc1ccc(CN=C(NCCc2c[nH]c3cccc(OC)c23)NCC(=O)N(C)C)cc1. The Balaban J connectivity index is 1.67. The maximum atomic E-state index is 12.0. The number of hydrogen-bond donors (Lipinski definition) is 3. The van der Waals surface area contributed by atoms with E-state index in [2.05, 4.69) is 20.6 Å². The van der Waals surface area contributed by atoms with Crippen LogP contribution in [0.1, 0.15) is 11.1 Å². The number of nitrogens with zero attached hydrogens (tertiary/aromatic N) is 2. The summed E-state index contributed by atoms with van der Waals surface area (Å²) in [5.74, 6) is 2.22. The third-order valence-electron chi connectivity index (χ3n) is 5.14. The number of methoxy groups -OCH3 is 2. The van der Waals surface area contributed by atoms with E-state index in [0.717, 1.165) is 39.9 Å². The Morgan fingerprint density at radius 2 is 1.84 bits per heavy atom. The van der Waals surface area contributed by atoms with E-state index in [0.29, 0.717) is 19.0 Å². The molecule has 1 aromatic heterocycles. The van der Waals surface area contributed by atoms with Gasteiger partial charge < -0.3 is 30.0 Å². The molecule has 2 aromatic carbocycles. The van der Waals surface area contributed by atoms with Crippen LogP contribution >= 0.6 is 0 Å². The number of nitrogens with one attached hydrogen (secondary N) is 3. The number of aromatic amines is 1. The van der Waals surface area contributed by atoms with E-state index in [1.165, 1.54) is 0 Å². The Bertz CT molecular complexity index is 1060. The maximum absolute atomic E-state index is 12.0. The molecule has 3 rings (SSSR count). The van der Waals surface area contributed by atoms with E-state index < -0.39 is 0 Å². The van der Waals surface area contributed by atoms with Gasteiger partial charge in [0.05, 0.1) is 27.3 Å². The zero-order valence-electron chi connectivity index (χ0n) is 19.1. The van der Waals surface area contributed by atoms with E-state index in [-0.39, 0.29) is 12.5 Å². The summed E-state index contributed by atoms with van der Waals surface area (Å²) in [6.45, 7) is 1.30. The van der Waals surface area contributed by atoms with Gasteiger partial charge in [0.25, 0.3) is 0 Å². The van der Waals surface area contributed by atoms with Gasteiger partial charge in [0.1, 0.15) is 11.5 Å². The fourth-order valence-electron chi connectivity index (χ4n) is 3.30. The lowest BCUT2D eigenvalue weighted by Gasteiger charge is -2.15. The number of benzene rings is 2. The van der Waals surface area contributed by atoms with Crippen LogP contribution in [0.15, 0.2) is 53.7 Å². The molecule has 3 N–H and O–H groups in total. The number of H-pyrrole nitrogens is 1. The van der Waals surface area contributed by atoms with Crippen molar-refractivity contribution in [3.05, 3.63) is 59.8 Å². The van der Waals surface area contributed by atoms with Crippen LogP contribution in [-0.4, -0.2) is 63.2 Å². The van der Waals surface area contributed by atoms with Crippen molar-refractivity contribution in [3.8, 4) is 11.5 Å². The second kappa shape index (κ2) is 11.1. The van der Waals surface area contributed by atoms with Crippen LogP contribution in [0.5, 0.6) is 11.5 Å². The van der Waals surface area contributed by atoms with Gasteiger partial charge in [-0.15, -0.1) is 0 Å². The maximum Gasteiger partial charge on any atom is 0.241 e. The molecule has 0 saturated heterocycles. The van der Waals surface area contributed by atoms with Gasteiger partial charge in [-0.25, -0.2) is 4.99 Å². The van der Waals surface area contributed by atoms with Gasteiger partial charge >= 0.3 is 0 Å². The number of carbonyl (C=O) groups excluding carboxylic acids is 1. The quantitative estimate of drug-likeness (QED) is 0.354. The Morgan fingerprint density at radius 1 is 1.06 bits per heavy atom. The number of hydrogen-bond acceptors (Lipinski definition) is 4. The Hall–Kier alpha value is -3.68. The van der Waals surface area contributed by atoms with Crippen molar-refractivity contribution in [2.75, 3.05) is 41.4 Å². The fraction of sp³-hybridized carbons (Fsp3) is 0.333. The summed E-state index contributed by atoms with van der Waals surface area (Å²) in [5, 5.41) is 7.55. The number of fused-ring (bicyclic) bond motifs is 1. The molecule has 0 unspecified atom stereocenters. The summed E-state index contributed by atoms with van der Waals surface area (Å²) in [6, 6.07) is 13.7. The number of likely N-dealkylation sites (N-methyl/N-ethyl adjacent to an activating group) is 1. The van der Waals surface area contributed by atoms with Crippen molar-refractivity contribution in [2.45, 2.75) is 13.0 Å². The zero-order valence-corrected chi connectivity index (χ0v) is 19.1. The molecular formula is C24H31N5O3. The second-order valence-corrected chi connectivity index (χ2v) is 7.53. The minimum absolute atomic E-state index is 0.0229. The molecule has 0 aliphatic heterocycles. The van der Waals surface area contributed by atoms with Crippen molar-refractivity contribution in [1.29, 1.82) is 0 Å². The van der Waals surface area contributed by atoms with Crippen molar-refractivity contribution >= 4 is 22.8 Å². The molecule has 3 aromatic rings. The predicted molar refractivity (Wildman–Crippen MR) is 127 cm³/mol. The molecule has 0 saturated carbocycles. The first-order valence-electron chi connectivity index (χ1n) is 10.5. The minimum Gasteiger partial charge on any atom is -0.497 e. The Labute approximate surface area is 188 Å². The average Bonchev–Trinajstić information content (AvgIpc) is 3.23. The van der Waals surface area contributed by atoms with Crippen LogP contribution in [0, 0.1) is 0 Å². The summed E-state index contributed by atoms with van der Waals surface area (Å²) >= 11 is 0. The van der Waals surface area contributed by atoms with Gasteiger partial charge in [0, 0.05) is 37.7 Å². The molecule has 0 radical (unpaired) electrons. The summed E-state index contributed by atoms with van der Waals surface area (Å²) in [4.78, 5) is 21.5. The lowest BCUT2D eigenvalue weighted by atomic mass is 10.1. The number of aliphatic imine (C=N–C) groups is 1. The molecule has 8 heteroatoms. The van der Waals surface area contributed by atoms with Gasteiger partial charge in [0.15, 0.2) is 5.96 Å². The standard InChI is InChI=1S/C24H31N5O3/c1-29(2)22(30)16-28-24(27-14-17-8-10-19(31-3)11-9-17)25-13-12-18-15-26-20-6-5-7-21(32-4)23(18)20/h5-11,15,26H,12-14,16H2,1-4H3,(H2,25,27,28). The molecule has 1 heterocycles. The topological polar surface area (TPSA) is 91.0 Å². The van der Waals surface area contributed by atoms with Gasteiger partial charge in [0.2, 0.25) is 5.91 Å². The number of carbonyl (C=O) groups is 1. The summed E-state index contributed by atoms with van der Waals surface area (Å²) in [6.07, 6.45) is 2.78. The normalized spacial score (nSPS) is 11.3. The fourth-order valence-corrected chi connectivity index (χ4v) is 3.30. The molecule has 0 bridgehead atoms. The molecule has 0 aliphatic rings.